The Morgan fingerprint density at radius 1 is 1.12 bits per heavy atom. The zero-order chi connectivity index (χ0) is 17.4. The van der Waals surface area contributed by atoms with Crippen molar-refractivity contribution in [2.75, 3.05) is 13.1 Å². The van der Waals surface area contributed by atoms with Gasteiger partial charge in [0.05, 0.1) is 6.10 Å². The summed E-state index contributed by atoms with van der Waals surface area (Å²) in [5.41, 5.74) is 1.75. The monoisotopic (exact) mass is 342 g/mol. The van der Waals surface area contributed by atoms with Crippen LogP contribution in [0.4, 0.5) is 0 Å². The normalized spacial score (nSPS) is 24.7. The number of amides is 1. The number of ether oxygens (including phenoxy) is 1. The molecule has 0 saturated carbocycles. The van der Waals surface area contributed by atoms with E-state index in [1.165, 1.54) is 0 Å². The topological polar surface area (TPSA) is 82.6 Å². The molecule has 6 nitrogen and oxygen atoms in total. The number of rotatable bonds is 3. The van der Waals surface area contributed by atoms with Crippen LogP contribution < -0.4 is 0 Å². The summed E-state index contributed by atoms with van der Waals surface area (Å²) in [7, 11) is 0. The van der Waals surface area contributed by atoms with Crippen LogP contribution in [0.1, 0.15) is 36.0 Å². The van der Waals surface area contributed by atoms with Gasteiger partial charge >= 0.3 is 5.97 Å². The van der Waals surface area contributed by atoms with E-state index in [4.69, 9.17) is 9.84 Å². The summed E-state index contributed by atoms with van der Waals surface area (Å²) in [6.45, 7) is 1.40. The van der Waals surface area contributed by atoms with Gasteiger partial charge in [0.1, 0.15) is 0 Å². The summed E-state index contributed by atoms with van der Waals surface area (Å²) in [6.07, 6.45) is 4.38. The van der Waals surface area contributed by atoms with E-state index in [0.29, 0.717) is 31.0 Å². The minimum Gasteiger partial charge on any atom is -0.479 e. The fourth-order valence-corrected chi connectivity index (χ4v) is 4.03. The first-order chi connectivity index (χ1) is 12.1. The van der Waals surface area contributed by atoms with E-state index in [9.17, 15) is 9.59 Å². The van der Waals surface area contributed by atoms with Crippen molar-refractivity contribution in [3.63, 3.8) is 0 Å². The average Bonchev–Trinajstić information content (AvgIpc) is 3.30. The zero-order valence-corrected chi connectivity index (χ0v) is 14.0. The Morgan fingerprint density at radius 2 is 1.92 bits per heavy atom. The summed E-state index contributed by atoms with van der Waals surface area (Å²) in [6, 6.07) is 7.70. The first-order valence-electron chi connectivity index (χ1n) is 8.86. The van der Waals surface area contributed by atoms with E-state index >= 15 is 0 Å². The molecule has 2 aliphatic heterocycles. The van der Waals surface area contributed by atoms with Crippen molar-refractivity contribution in [1.82, 2.24) is 9.88 Å². The lowest BCUT2D eigenvalue weighted by molar-refractivity contribution is -0.150. The third kappa shape index (κ3) is 3.14. The summed E-state index contributed by atoms with van der Waals surface area (Å²) < 4.78 is 5.68. The van der Waals surface area contributed by atoms with Gasteiger partial charge in [-0.25, -0.2) is 4.79 Å². The van der Waals surface area contributed by atoms with E-state index in [1.54, 1.807) is 0 Å². The van der Waals surface area contributed by atoms with Gasteiger partial charge in [0, 0.05) is 35.8 Å². The maximum absolute atomic E-state index is 12.7. The number of nitrogens with zero attached hydrogens (tertiary/aromatic N) is 1. The Hall–Kier alpha value is -2.34. The second kappa shape index (κ2) is 6.52. The lowest BCUT2D eigenvalue weighted by atomic mass is 9.89. The number of piperidine rings is 1. The van der Waals surface area contributed by atoms with Gasteiger partial charge in [0.25, 0.3) is 5.91 Å². The highest BCUT2D eigenvalue weighted by Gasteiger charge is 2.37. The molecular formula is C19H22N2O4. The lowest BCUT2D eigenvalue weighted by Crippen LogP contribution is -2.41. The molecule has 2 N–H and O–H groups in total. The second-order valence-electron chi connectivity index (χ2n) is 6.99. The fourth-order valence-electron chi connectivity index (χ4n) is 4.03. The highest BCUT2D eigenvalue weighted by atomic mass is 16.5. The summed E-state index contributed by atoms with van der Waals surface area (Å²) in [4.78, 5) is 28.8. The van der Waals surface area contributed by atoms with Gasteiger partial charge in [-0.2, -0.15) is 0 Å². The van der Waals surface area contributed by atoms with Crippen LogP contribution >= 0.6 is 0 Å². The summed E-state index contributed by atoms with van der Waals surface area (Å²) >= 11 is 0. The van der Waals surface area contributed by atoms with Crippen LogP contribution in [-0.2, 0) is 9.53 Å². The van der Waals surface area contributed by atoms with Crippen molar-refractivity contribution in [2.24, 2.45) is 5.92 Å². The van der Waals surface area contributed by atoms with Gasteiger partial charge in [-0.05, 0) is 55.9 Å². The highest BCUT2D eigenvalue weighted by Crippen LogP contribution is 2.32. The van der Waals surface area contributed by atoms with E-state index in [1.807, 2.05) is 35.4 Å². The van der Waals surface area contributed by atoms with Gasteiger partial charge in [0.2, 0.25) is 0 Å². The molecule has 1 aromatic heterocycles. The second-order valence-corrected chi connectivity index (χ2v) is 6.99. The summed E-state index contributed by atoms with van der Waals surface area (Å²) in [5.74, 6) is -0.451. The van der Waals surface area contributed by atoms with E-state index in [0.717, 1.165) is 30.2 Å². The van der Waals surface area contributed by atoms with Crippen LogP contribution in [0, 0.1) is 5.92 Å². The number of hydrogen-bond donors (Lipinski definition) is 2. The summed E-state index contributed by atoms with van der Waals surface area (Å²) in [5, 5.41) is 10.1. The molecule has 0 spiro atoms. The first kappa shape index (κ1) is 16.1. The van der Waals surface area contributed by atoms with Crippen LogP contribution in [0.2, 0.25) is 0 Å². The average molecular weight is 342 g/mol. The lowest BCUT2D eigenvalue weighted by Gasteiger charge is -2.34. The van der Waals surface area contributed by atoms with Crippen molar-refractivity contribution >= 4 is 22.8 Å². The van der Waals surface area contributed by atoms with Crippen LogP contribution in [0.5, 0.6) is 0 Å². The fraction of sp³-hybridized carbons (Fsp3) is 0.474. The maximum atomic E-state index is 12.7. The number of nitrogens with one attached hydrogen (secondary N) is 1. The zero-order valence-electron chi connectivity index (χ0n) is 14.0. The molecule has 2 aromatic rings. The van der Waals surface area contributed by atoms with Crippen molar-refractivity contribution < 1.29 is 19.4 Å². The SMILES string of the molecule is O=C(O)[C@H]1CC[C@@H](C2CCN(C(=O)c3ccc4[nH]ccc4c3)CC2)O1. The molecule has 2 atom stereocenters. The number of aromatic nitrogens is 1. The number of benzene rings is 1. The third-order valence-electron chi connectivity index (χ3n) is 5.48. The highest BCUT2D eigenvalue weighted by molar-refractivity contribution is 5.98. The molecule has 1 amide bonds. The molecule has 2 saturated heterocycles. The molecule has 0 radical (unpaired) electrons. The minimum atomic E-state index is -0.865. The number of carbonyl (C=O) groups is 2. The number of H-pyrrole nitrogens is 1. The number of likely N-dealkylation sites (tertiary alicyclic amines) is 1. The van der Waals surface area contributed by atoms with Crippen LogP contribution in [0.25, 0.3) is 10.9 Å². The Bertz CT molecular complexity index is 792. The van der Waals surface area contributed by atoms with Crippen LogP contribution in [-0.4, -0.2) is 52.2 Å². The molecule has 3 heterocycles. The predicted octanol–water partition coefficient (Wildman–Crippen LogP) is 2.65. The van der Waals surface area contributed by atoms with E-state index in [2.05, 4.69) is 4.98 Å². The van der Waals surface area contributed by atoms with Gasteiger partial charge in [0.15, 0.2) is 6.10 Å². The molecule has 4 rings (SSSR count). The number of fused-ring (bicyclic) bond motifs is 1. The molecule has 2 aliphatic rings. The van der Waals surface area contributed by atoms with Crippen molar-refractivity contribution in [2.45, 2.75) is 37.9 Å². The Kier molecular flexibility index (Phi) is 4.21. The molecule has 6 heteroatoms. The number of hydrogen-bond acceptors (Lipinski definition) is 3. The van der Waals surface area contributed by atoms with Gasteiger partial charge < -0.3 is 19.7 Å². The number of carboxylic acid groups (broad SMARTS) is 1. The molecule has 0 bridgehead atoms. The molecule has 132 valence electrons. The first-order valence-corrected chi connectivity index (χ1v) is 8.86. The van der Waals surface area contributed by atoms with Gasteiger partial charge in [-0.15, -0.1) is 0 Å². The number of carboxylic acids is 1. The predicted molar refractivity (Wildman–Crippen MR) is 92.5 cm³/mol. The standard InChI is InChI=1S/C19H22N2O4/c22-18(14-1-2-15-13(11-14)5-8-20-15)21-9-6-12(7-10-21)16-3-4-17(25-16)19(23)24/h1-2,5,8,11-12,16-17,20H,3-4,6-7,9-10H2,(H,23,24)/t16-,17+/m0/s1. The quantitative estimate of drug-likeness (QED) is 0.898. The molecule has 1 aromatic carbocycles. The van der Waals surface area contributed by atoms with Gasteiger partial charge in [-0.3, -0.25) is 4.79 Å². The van der Waals surface area contributed by atoms with Crippen LogP contribution in [0.15, 0.2) is 30.5 Å². The van der Waals surface area contributed by atoms with E-state index < -0.39 is 12.1 Å². The number of aliphatic carboxylic acids is 1. The van der Waals surface area contributed by atoms with Crippen LogP contribution in [0.3, 0.4) is 0 Å². The maximum Gasteiger partial charge on any atom is 0.332 e. The van der Waals surface area contributed by atoms with Crippen molar-refractivity contribution in [3.8, 4) is 0 Å². The smallest absolute Gasteiger partial charge is 0.332 e. The largest absolute Gasteiger partial charge is 0.479 e. The van der Waals surface area contributed by atoms with Crippen molar-refractivity contribution in [1.29, 1.82) is 0 Å². The Labute approximate surface area is 145 Å². The third-order valence-corrected chi connectivity index (χ3v) is 5.48. The molecule has 0 unspecified atom stereocenters. The Morgan fingerprint density at radius 3 is 2.64 bits per heavy atom. The Balaban J connectivity index is 1.36. The number of carbonyl (C=O) groups excluding carboxylic acids is 1. The van der Waals surface area contributed by atoms with Gasteiger partial charge in [-0.1, -0.05) is 0 Å². The molecule has 2 fully saturated rings. The molecular weight excluding hydrogens is 320 g/mol. The van der Waals surface area contributed by atoms with Crippen molar-refractivity contribution in [3.05, 3.63) is 36.0 Å². The number of aromatic amines is 1. The van der Waals surface area contributed by atoms with E-state index in [-0.39, 0.29) is 12.0 Å². The molecule has 25 heavy (non-hydrogen) atoms. The molecule has 0 aliphatic carbocycles. The minimum absolute atomic E-state index is 0.0227.